The van der Waals surface area contributed by atoms with Crippen molar-refractivity contribution in [3.05, 3.63) is 89.0 Å². The van der Waals surface area contributed by atoms with E-state index in [0.29, 0.717) is 39.8 Å². The van der Waals surface area contributed by atoms with E-state index in [1.807, 2.05) is 30.3 Å². The number of benzene rings is 3. The number of carbonyl (C=O) groups excluding carboxylic acids is 1. The first-order valence-corrected chi connectivity index (χ1v) is 12.9. The van der Waals surface area contributed by atoms with Crippen LogP contribution in [0.2, 0.25) is 0 Å². The average Bonchev–Trinajstić information content (AvgIpc) is 3.78. The summed E-state index contributed by atoms with van der Waals surface area (Å²) in [6.45, 7) is 1.87. The molecular weight excluding hydrogens is 464 g/mol. The molecular formula is C30H34N4O3. The third-order valence-corrected chi connectivity index (χ3v) is 7.16. The molecule has 0 bridgehead atoms. The van der Waals surface area contributed by atoms with Crippen LogP contribution in [-0.2, 0) is 0 Å². The van der Waals surface area contributed by atoms with Crippen molar-refractivity contribution in [2.75, 3.05) is 25.9 Å². The van der Waals surface area contributed by atoms with E-state index >= 15 is 0 Å². The minimum absolute atomic E-state index is 0.0223. The van der Waals surface area contributed by atoms with Crippen LogP contribution in [0, 0.1) is 11.3 Å². The van der Waals surface area contributed by atoms with Crippen LogP contribution in [0.15, 0.2) is 66.7 Å². The summed E-state index contributed by atoms with van der Waals surface area (Å²) in [5.74, 6) is 1.52. The highest BCUT2D eigenvalue weighted by atomic mass is 16.5. The van der Waals surface area contributed by atoms with Gasteiger partial charge in [0.15, 0.2) is 11.5 Å². The van der Waals surface area contributed by atoms with E-state index in [1.54, 1.807) is 31.4 Å². The third kappa shape index (κ3) is 5.78. The summed E-state index contributed by atoms with van der Waals surface area (Å²) >= 11 is 0. The number of amides is 1. The Morgan fingerprint density at radius 3 is 2.41 bits per heavy atom. The highest BCUT2D eigenvalue weighted by molar-refractivity contribution is 6.15. The number of nitrogens with two attached hydrogens (primary N) is 1. The zero-order chi connectivity index (χ0) is 25.8. The molecule has 5 N–H and O–H groups in total. The van der Waals surface area contributed by atoms with Gasteiger partial charge >= 0.3 is 0 Å². The van der Waals surface area contributed by atoms with Crippen molar-refractivity contribution >= 4 is 17.3 Å². The molecule has 2 aliphatic rings. The monoisotopic (exact) mass is 498 g/mol. The van der Waals surface area contributed by atoms with E-state index < -0.39 is 0 Å². The fourth-order valence-electron chi connectivity index (χ4n) is 4.87. The van der Waals surface area contributed by atoms with Crippen LogP contribution in [0.3, 0.4) is 0 Å². The van der Waals surface area contributed by atoms with Crippen molar-refractivity contribution in [3.63, 3.8) is 0 Å². The normalized spacial score (nSPS) is 16.6. The molecule has 1 aliphatic heterocycles. The van der Waals surface area contributed by atoms with Gasteiger partial charge in [0.05, 0.1) is 18.9 Å². The van der Waals surface area contributed by atoms with Gasteiger partial charge < -0.3 is 25.8 Å². The molecule has 3 aromatic rings. The van der Waals surface area contributed by atoms with Crippen molar-refractivity contribution in [1.29, 1.82) is 5.41 Å². The van der Waals surface area contributed by atoms with Crippen LogP contribution in [0.25, 0.3) is 0 Å². The van der Waals surface area contributed by atoms with Gasteiger partial charge in [-0.05, 0) is 86.7 Å². The van der Waals surface area contributed by atoms with Gasteiger partial charge in [-0.25, -0.2) is 0 Å². The van der Waals surface area contributed by atoms with Crippen molar-refractivity contribution < 1.29 is 14.3 Å². The Kier molecular flexibility index (Phi) is 7.42. The lowest BCUT2D eigenvalue weighted by Gasteiger charge is -2.25. The number of nitrogens with one attached hydrogen (secondary N) is 3. The first-order valence-electron chi connectivity index (χ1n) is 12.9. The summed E-state index contributed by atoms with van der Waals surface area (Å²) in [5, 5.41) is 15.4. The number of hydrogen-bond donors (Lipinski definition) is 4. The van der Waals surface area contributed by atoms with Gasteiger partial charge in [0.25, 0.3) is 5.91 Å². The molecule has 1 atom stereocenters. The van der Waals surface area contributed by atoms with Crippen molar-refractivity contribution in [2.45, 2.75) is 37.8 Å². The molecule has 2 fully saturated rings. The lowest BCUT2D eigenvalue weighted by atomic mass is 9.97. The molecule has 1 unspecified atom stereocenters. The first kappa shape index (κ1) is 24.8. The molecule has 192 valence electrons. The van der Waals surface area contributed by atoms with E-state index in [1.165, 1.54) is 0 Å². The smallest absolute Gasteiger partial charge is 0.251 e. The maximum absolute atomic E-state index is 13.3. The van der Waals surface area contributed by atoms with Crippen molar-refractivity contribution in [1.82, 2.24) is 10.6 Å². The highest BCUT2D eigenvalue weighted by Gasteiger charge is 2.33. The number of rotatable bonds is 9. The van der Waals surface area contributed by atoms with Gasteiger partial charge in [0.1, 0.15) is 6.10 Å². The van der Waals surface area contributed by atoms with Crippen LogP contribution in [0.4, 0.5) is 5.69 Å². The largest absolute Gasteiger partial charge is 0.493 e. The summed E-state index contributed by atoms with van der Waals surface area (Å²) in [4.78, 5) is 13.3. The fourth-order valence-corrected chi connectivity index (χ4v) is 4.87. The second kappa shape index (κ2) is 11.0. The summed E-state index contributed by atoms with van der Waals surface area (Å²) in [5.41, 5.74) is 9.67. The zero-order valence-corrected chi connectivity index (χ0v) is 21.1. The van der Waals surface area contributed by atoms with Crippen LogP contribution >= 0.6 is 0 Å². The summed E-state index contributed by atoms with van der Waals surface area (Å²) in [7, 11) is 1.60. The quantitative estimate of drug-likeness (QED) is 0.252. The molecule has 0 aromatic heterocycles. The molecule has 5 rings (SSSR count). The maximum Gasteiger partial charge on any atom is 0.251 e. The van der Waals surface area contributed by atoms with Gasteiger partial charge in [0.2, 0.25) is 0 Å². The Labute approximate surface area is 217 Å². The van der Waals surface area contributed by atoms with Crippen LogP contribution in [0.5, 0.6) is 11.5 Å². The van der Waals surface area contributed by atoms with Gasteiger partial charge in [-0.1, -0.05) is 30.3 Å². The Hall–Kier alpha value is -3.84. The van der Waals surface area contributed by atoms with Crippen LogP contribution in [0.1, 0.15) is 58.8 Å². The van der Waals surface area contributed by atoms with E-state index in [9.17, 15) is 4.79 Å². The molecule has 7 nitrogen and oxygen atoms in total. The lowest BCUT2D eigenvalue weighted by molar-refractivity contribution is 0.0931. The number of carbonyl (C=O) groups is 1. The second-order valence-corrected chi connectivity index (χ2v) is 9.81. The van der Waals surface area contributed by atoms with E-state index in [0.717, 1.165) is 44.3 Å². The predicted molar refractivity (Wildman–Crippen MR) is 146 cm³/mol. The number of anilines is 1. The summed E-state index contributed by atoms with van der Waals surface area (Å²) < 4.78 is 11.8. The topological polar surface area (TPSA) is 109 Å². The molecule has 3 aromatic carbocycles. The SMILES string of the molecule is COc1cc(C(=N)c2cc(C(=O)NC(c3ccccc3)C3CC3)ccc2N)ccc1OC1CCNCC1. The Morgan fingerprint density at radius 2 is 1.70 bits per heavy atom. The molecule has 0 radical (unpaired) electrons. The standard InChI is InChI=1S/C30H34N4O3/c1-36-27-18-21(10-12-26(27)37-23-13-15-33-16-14-23)28(32)24-17-22(9-11-25(24)31)30(35)34-29(20-7-8-20)19-5-3-2-4-6-19/h2-6,9-12,17-18,20,23,29,32-33H,7-8,13-16,31H2,1H3,(H,34,35). The maximum atomic E-state index is 13.3. The third-order valence-electron chi connectivity index (χ3n) is 7.16. The molecule has 0 spiro atoms. The number of nitrogen functional groups attached to an aromatic ring is 1. The van der Waals surface area contributed by atoms with Crippen LogP contribution < -0.4 is 25.8 Å². The fraction of sp³-hybridized carbons (Fsp3) is 0.333. The van der Waals surface area contributed by atoms with Gasteiger partial charge in [-0.3, -0.25) is 10.2 Å². The highest BCUT2D eigenvalue weighted by Crippen LogP contribution is 2.41. The molecule has 7 heteroatoms. The van der Waals surface area contributed by atoms with E-state index in [2.05, 4.69) is 22.8 Å². The molecule has 1 heterocycles. The molecule has 37 heavy (non-hydrogen) atoms. The number of hydrogen-bond acceptors (Lipinski definition) is 6. The summed E-state index contributed by atoms with van der Waals surface area (Å²) in [6, 6.07) is 20.7. The molecule has 1 saturated heterocycles. The minimum atomic E-state index is -0.168. The number of methoxy groups -OCH3 is 1. The second-order valence-electron chi connectivity index (χ2n) is 9.81. The minimum Gasteiger partial charge on any atom is -0.493 e. The summed E-state index contributed by atoms with van der Waals surface area (Å²) in [6.07, 6.45) is 4.24. The number of piperidine rings is 1. The Balaban J connectivity index is 1.35. The predicted octanol–water partition coefficient (Wildman–Crippen LogP) is 4.71. The Bertz CT molecular complexity index is 1270. The molecule has 1 aliphatic carbocycles. The van der Waals surface area contributed by atoms with Gasteiger partial charge in [-0.2, -0.15) is 0 Å². The first-order chi connectivity index (χ1) is 18.0. The lowest BCUT2D eigenvalue weighted by Crippen LogP contribution is -2.34. The zero-order valence-electron chi connectivity index (χ0n) is 21.1. The number of ether oxygens (including phenoxy) is 2. The van der Waals surface area contributed by atoms with Crippen molar-refractivity contribution in [2.24, 2.45) is 5.92 Å². The van der Waals surface area contributed by atoms with Gasteiger partial charge in [-0.15, -0.1) is 0 Å². The van der Waals surface area contributed by atoms with Gasteiger partial charge in [0, 0.05) is 22.4 Å². The van der Waals surface area contributed by atoms with Crippen molar-refractivity contribution in [3.8, 4) is 11.5 Å². The molecule has 1 amide bonds. The molecule has 1 saturated carbocycles. The van der Waals surface area contributed by atoms with E-state index in [-0.39, 0.29) is 23.8 Å². The van der Waals surface area contributed by atoms with Crippen LogP contribution in [-0.4, -0.2) is 37.9 Å². The Morgan fingerprint density at radius 1 is 0.973 bits per heavy atom. The average molecular weight is 499 g/mol. The van der Waals surface area contributed by atoms with E-state index in [4.69, 9.17) is 20.6 Å².